The monoisotopic (exact) mass is 383 g/mol. The van der Waals surface area contributed by atoms with Crippen LogP contribution in [0.1, 0.15) is 0 Å². The Bertz CT molecular complexity index is 890. The molecule has 1 aromatic carbocycles. The number of pyridine rings is 1. The molecule has 5 rings (SSSR count). The summed E-state index contributed by atoms with van der Waals surface area (Å²) < 4.78 is 18.3. The molecule has 3 fully saturated rings. The topological polar surface area (TPSA) is 92.5 Å². The Hall–Kier alpha value is -2.71. The van der Waals surface area contributed by atoms with Crippen LogP contribution >= 0.6 is 0 Å². The summed E-state index contributed by atoms with van der Waals surface area (Å²) in [6.45, 7) is 3.05. The molecule has 0 radical (unpaired) electrons. The highest BCUT2D eigenvalue weighted by Crippen LogP contribution is 2.46. The number of rotatable bonds is 4. The highest BCUT2D eigenvalue weighted by Gasteiger charge is 2.57. The van der Waals surface area contributed by atoms with Gasteiger partial charge in [-0.1, -0.05) is 0 Å². The van der Waals surface area contributed by atoms with Gasteiger partial charge in [-0.05, 0) is 48.2 Å². The molecule has 3 aliphatic rings. The maximum atomic E-state index is 13.1. The van der Waals surface area contributed by atoms with Crippen molar-refractivity contribution in [3.8, 4) is 11.3 Å². The van der Waals surface area contributed by atoms with Gasteiger partial charge in [0.15, 0.2) is 5.82 Å². The fourth-order valence-electron chi connectivity index (χ4n) is 4.08. The van der Waals surface area contributed by atoms with Crippen molar-refractivity contribution in [1.82, 2.24) is 15.2 Å². The molecule has 2 aliphatic heterocycles. The molecular formula is C20H22FN5O2. The lowest BCUT2D eigenvalue weighted by Crippen LogP contribution is -2.49. The smallest absolute Gasteiger partial charge is 0.323 e. The van der Waals surface area contributed by atoms with Gasteiger partial charge in [0, 0.05) is 24.7 Å². The molecule has 3 heterocycles. The van der Waals surface area contributed by atoms with Crippen LogP contribution in [-0.2, 0) is 4.74 Å². The number of ether oxygens (including phenoxy) is 1. The Kier molecular flexibility index (Phi) is 4.17. The number of benzene rings is 1. The Labute approximate surface area is 162 Å². The first-order valence-corrected chi connectivity index (χ1v) is 9.50. The van der Waals surface area contributed by atoms with Crippen LogP contribution in [0.4, 0.5) is 20.7 Å². The molecule has 146 valence electrons. The SMILES string of the molecule is Nc1ccc(-c2ccc(F)cc2)nc1NC(=O)N1C[C@@H]2[C@H](C1)[C@H]2NC1COC1. The number of likely N-dealkylation sites (tertiary alicyclic amines) is 1. The fourth-order valence-corrected chi connectivity index (χ4v) is 4.08. The summed E-state index contributed by atoms with van der Waals surface area (Å²) in [4.78, 5) is 18.9. The van der Waals surface area contributed by atoms with E-state index in [4.69, 9.17) is 10.5 Å². The third-order valence-electron chi connectivity index (χ3n) is 5.84. The Morgan fingerprint density at radius 1 is 1.14 bits per heavy atom. The van der Waals surface area contributed by atoms with Gasteiger partial charge >= 0.3 is 6.03 Å². The largest absolute Gasteiger partial charge is 0.396 e. The number of urea groups is 1. The van der Waals surface area contributed by atoms with Gasteiger partial charge < -0.3 is 20.7 Å². The zero-order chi connectivity index (χ0) is 19.3. The number of piperidine rings is 1. The highest BCUT2D eigenvalue weighted by atomic mass is 19.1. The lowest BCUT2D eigenvalue weighted by molar-refractivity contribution is -0.00741. The quantitative estimate of drug-likeness (QED) is 0.750. The number of hydrogen-bond acceptors (Lipinski definition) is 5. The van der Waals surface area contributed by atoms with Crippen LogP contribution in [0.2, 0.25) is 0 Å². The minimum absolute atomic E-state index is 0.187. The summed E-state index contributed by atoms with van der Waals surface area (Å²) in [6, 6.07) is 10.3. The normalized spacial score (nSPS) is 25.9. The van der Waals surface area contributed by atoms with Crippen LogP contribution in [-0.4, -0.2) is 54.3 Å². The highest BCUT2D eigenvalue weighted by molar-refractivity contribution is 5.92. The number of nitrogens with one attached hydrogen (secondary N) is 2. The number of halogens is 1. The molecule has 28 heavy (non-hydrogen) atoms. The number of aromatic nitrogens is 1. The molecule has 2 amide bonds. The Morgan fingerprint density at radius 3 is 2.50 bits per heavy atom. The van der Waals surface area contributed by atoms with Crippen molar-refractivity contribution in [2.75, 3.05) is 37.4 Å². The van der Waals surface area contributed by atoms with Crippen LogP contribution in [0.25, 0.3) is 11.3 Å². The average Bonchev–Trinajstić information content (AvgIpc) is 3.08. The predicted molar refractivity (Wildman–Crippen MR) is 103 cm³/mol. The van der Waals surface area contributed by atoms with Gasteiger partial charge in [0.05, 0.1) is 30.6 Å². The summed E-state index contributed by atoms with van der Waals surface area (Å²) in [5.74, 6) is 1.05. The number of carbonyl (C=O) groups is 1. The average molecular weight is 383 g/mol. The molecule has 1 saturated carbocycles. The molecule has 1 aliphatic carbocycles. The molecule has 4 N–H and O–H groups in total. The first kappa shape index (κ1) is 17.4. The van der Waals surface area contributed by atoms with E-state index in [9.17, 15) is 9.18 Å². The number of fused-ring (bicyclic) bond motifs is 1. The van der Waals surface area contributed by atoms with Gasteiger partial charge in [0.2, 0.25) is 0 Å². The lowest BCUT2D eigenvalue weighted by Gasteiger charge is -2.29. The molecule has 7 nitrogen and oxygen atoms in total. The molecule has 0 spiro atoms. The van der Waals surface area contributed by atoms with Gasteiger partial charge in [0.1, 0.15) is 5.82 Å². The van der Waals surface area contributed by atoms with E-state index in [0.717, 1.165) is 31.9 Å². The second kappa shape index (κ2) is 6.72. The standard InChI is InChI=1S/C20H22FN5O2/c21-12-3-1-11(2-4-12)17-6-5-16(22)19(24-17)25-20(27)26-7-14-15(8-26)18(14)23-13-9-28-10-13/h1-6,13-15,18,23H,7-10,22H2,(H,24,25,27)/t14-,15+,18+. The predicted octanol–water partition coefficient (Wildman–Crippen LogP) is 1.92. The molecule has 2 saturated heterocycles. The summed E-state index contributed by atoms with van der Waals surface area (Å²) in [7, 11) is 0. The molecule has 1 aromatic heterocycles. The van der Waals surface area contributed by atoms with Crippen molar-refractivity contribution in [2.24, 2.45) is 11.8 Å². The van der Waals surface area contributed by atoms with E-state index in [2.05, 4.69) is 15.6 Å². The second-order valence-electron chi connectivity index (χ2n) is 7.73. The van der Waals surface area contributed by atoms with E-state index in [1.165, 1.54) is 12.1 Å². The van der Waals surface area contributed by atoms with E-state index in [1.54, 1.807) is 24.3 Å². The van der Waals surface area contributed by atoms with E-state index in [1.807, 2.05) is 4.90 Å². The zero-order valence-electron chi connectivity index (χ0n) is 15.3. The van der Waals surface area contributed by atoms with Crippen LogP contribution in [0, 0.1) is 17.7 Å². The van der Waals surface area contributed by atoms with E-state index < -0.39 is 0 Å². The van der Waals surface area contributed by atoms with Crippen LogP contribution in [0.5, 0.6) is 0 Å². The summed E-state index contributed by atoms with van der Waals surface area (Å²) in [5, 5.41) is 6.43. The van der Waals surface area contributed by atoms with Crippen LogP contribution in [0.15, 0.2) is 36.4 Å². The number of amides is 2. The summed E-state index contributed by atoms with van der Waals surface area (Å²) in [5.41, 5.74) is 7.78. The van der Waals surface area contributed by atoms with Gasteiger partial charge in [0.25, 0.3) is 0 Å². The van der Waals surface area contributed by atoms with E-state index in [0.29, 0.717) is 41.1 Å². The van der Waals surface area contributed by atoms with Gasteiger partial charge in [-0.2, -0.15) is 0 Å². The van der Waals surface area contributed by atoms with Gasteiger partial charge in [-0.3, -0.25) is 5.32 Å². The van der Waals surface area contributed by atoms with Crippen molar-refractivity contribution in [3.63, 3.8) is 0 Å². The molecule has 8 heteroatoms. The summed E-state index contributed by atoms with van der Waals surface area (Å²) in [6.07, 6.45) is 0. The van der Waals surface area contributed by atoms with Crippen LogP contribution in [0.3, 0.4) is 0 Å². The molecule has 2 aromatic rings. The maximum absolute atomic E-state index is 13.1. The summed E-state index contributed by atoms with van der Waals surface area (Å²) >= 11 is 0. The number of nitrogens with zero attached hydrogens (tertiary/aromatic N) is 2. The van der Waals surface area contributed by atoms with E-state index >= 15 is 0 Å². The Balaban J connectivity index is 1.22. The number of carbonyl (C=O) groups excluding carboxylic acids is 1. The van der Waals surface area contributed by atoms with Crippen molar-refractivity contribution in [3.05, 3.63) is 42.2 Å². The first-order chi connectivity index (χ1) is 13.6. The maximum Gasteiger partial charge on any atom is 0.323 e. The molecule has 0 unspecified atom stereocenters. The van der Waals surface area contributed by atoms with E-state index in [-0.39, 0.29) is 11.8 Å². The van der Waals surface area contributed by atoms with Gasteiger partial charge in [-0.15, -0.1) is 0 Å². The van der Waals surface area contributed by atoms with Crippen molar-refractivity contribution in [1.29, 1.82) is 0 Å². The number of hydrogen-bond donors (Lipinski definition) is 3. The lowest BCUT2D eigenvalue weighted by atomic mass is 10.1. The second-order valence-corrected chi connectivity index (χ2v) is 7.73. The van der Waals surface area contributed by atoms with Crippen molar-refractivity contribution >= 4 is 17.5 Å². The Morgan fingerprint density at radius 2 is 1.86 bits per heavy atom. The number of nitrogen functional groups attached to an aromatic ring is 1. The van der Waals surface area contributed by atoms with Crippen molar-refractivity contribution in [2.45, 2.75) is 12.1 Å². The minimum atomic E-state index is -0.307. The van der Waals surface area contributed by atoms with Crippen molar-refractivity contribution < 1.29 is 13.9 Å². The zero-order valence-corrected chi connectivity index (χ0v) is 15.3. The third-order valence-corrected chi connectivity index (χ3v) is 5.84. The molecule has 3 atom stereocenters. The van der Waals surface area contributed by atoms with Gasteiger partial charge in [-0.25, -0.2) is 14.2 Å². The van der Waals surface area contributed by atoms with Crippen LogP contribution < -0.4 is 16.4 Å². The molecule has 0 bridgehead atoms. The minimum Gasteiger partial charge on any atom is -0.396 e. The third kappa shape index (κ3) is 3.18. The fraction of sp³-hybridized carbons (Fsp3) is 0.400. The molecular weight excluding hydrogens is 361 g/mol. The number of anilines is 2. The first-order valence-electron chi connectivity index (χ1n) is 9.50. The number of nitrogens with two attached hydrogens (primary N) is 1.